The minimum Gasteiger partial charge on any atom is -0.0564 e. The molecule has 0 radical (unpaired) electrons. The van der Waals surface area contributed by atoms with Crippen molar-refractivity contribution in [2.75, 3.05) is 0 Å². The molecule has 0 aliphatic carbocycles. The number of benzene rings is 1. The van der Waals surface area contributed by atoms with Crippen molar-refractivity contribution in [3.63, 3.8) is 0 Å². The first-order valence-electron chi connectivity index (χ1n) is 5.65. The van der Waals surface area contributed by atoms with Crippen molar-refractivity contribution in [1.82, 2.24) is 0 Å². The summed E-state index contributed by atoms with van der Waals surface area (Å²) >= 11 is 0.0972. The van der Waals surface area contributed by atoms with E-state index in [9.17, 15) is 0 Å². The summed E-state index contributed by atoms with van der Waals surface area (Å²) in [5.41, 5.74) is 4.06. The fraction of sp³-hybridized carbons (Fsp3) is 0.538. The molecule has 0 bridgehead atoms. The van der Waals surface area contributed by atoms with Crippen molar-refractivity contribution in [3.05, 3.63) is 34.9 Å². The molecule has 14 heavy (non-hydrogen) atoms. The van der Waals surface area contributed by atoms with Gasteiger partial charge in [0.25, 0.3) is 0 Å². The zero-order chi connectivity index (χ0) is 11.0. The summed E-state index contributed by atoms with van der Waals surface area (Å²) in [5.74, 6) is 0. The first-order chi connectivity index (χ1) is 6.60. The number of hydrogen-bond donors (Lipinski definition) is 0. The van der Waals surface area contributed by atoms with Crippen molar-refractivity contribution in [3.8, 4) is 0 Å². The Labute approximate surface area is 96.7 Å². The molecule has 1 aromatic rings. The van der Waals surface area contributed by atoms with Gasteiger partial charge in [-0.3, -0.25) is 0 Å². The summed E-state index contributed by atoms with van der Waals surface area (Å²) in [6, 6.07) is 6.56. The largest absolute Gasteiger partial charge is 0.0564 e. The molecule has 1 rings (SSSR count). The van der Waals surface area contributed by atoms with Crippen molar-refractivity contribution in [2.24, 2.45) is 0 Å². The van der Waals surface area contributed by atoms with E-state index in [0.29, 0.717) is 0 Å². The molecule has 76 valence electrons. The van der Waals surface area contributed by atoms with E-state index >= 15 is 0 Å². The molecule has 0 saturated carbocycles. The van der Waals surface area contributed by atoms with Crippen LogP contribution in [0.3, 0.4) is 0 Å². The van der Waals surface area contributed by atoms with E-state index in [2.05, 4.69) is 52.8 Å². The topological polar surface area (TPSA) is 0 Å². The third-order valence-electron chi connectivity index (χ3n) is 2.07. The van der Waals surface area contributed by atoms with Crippen molar-refractivity contribution >= 4 is 0 Å². The zero-order valence-corrected chi connectivity index (χ0v) is 13.3. The molecule has 0 aliphatic heterocycles. The first kappa shape index (κ1) is 13.8. The van der Waals surface area contributed by atoms with Gasteiger partial charge in [0.1, 0.15) is 0 Å². The Bertz CT molecular complexity index is 201. The molecular weight excluding hydrogens is 222 g/mol. The molecule has 0 amide bonds. The van der Waals surface area contributed by atoms with Gasteiger partial charge in [-0.05, 0) is 20.8 Å². The van der Waals surface area contributed by atoms with Crippen LogP contribution >= 0.6 is 0 Å². The quantitative estimate of drug-likeness (QED) is 0.668. The van der Waals surface area contributed by atoms with E-state index in [1.807, 2.05) is 0 Å². The zero-order valence-electron chi connectivity index (χ0n) is 10.4. The van der Waals surface area contributed by atoms with Crippen LogP contribution < -0.4 is 0 Å². The molecule has 0 aromatic heterocycles. The SMILES string of the molecule is C[CH2][Zn][CH2]C.Cc1cc(C)cc(C)c1. The maximum atomic E-state index is 2.30. The van der Waals surface area contributed by atoms with Gasteiger partial charge in [0.05, 0.1) is 0 Å². The van der Waals surface area contributed by atoms with E-state index < -0.39 is 0 Å². The normalized spacial score (nSPS) is 8.64. The van der Waals surface area contributed by atoms with Crippen LogP contribution in [0.15, 0.2) is 18.2 Å². The molecule has 0 atom stereocenters. The third-order valence-corrected chi connectivity index (χ3v) is 5.04. The number of rotatable bonds is 2. The minimum absolute atomic E-state index is 0.0972. The van der Waals surface area contributed by atoms with E-state index in [0.717, 1.165) is 0 Å². The number of aryl methyl sites for hydroxylation is 3. The summed E-state index contributed by atoms with van der Waals surface area (Å²) in [6.07, 6.45) is 0. The second-order valence-electron chi connectivity index (χ2n) is 4.02. The fourth-order valence-electron chi connectivity index (χ4n) is 1.56. The van der Waals surface area contributed by atoms with Crippen molar-refractivity contribution in [1.29, 1.82) is 0 Å². The van der Waals surface area contributed by atoms with Crippen LogP contribution in [0.5, 0.6) is 0 Å². The van der Waals surface area contributed by atoms with Gasteiger partial charge >= 0.3 is 41.0 Å². The van der Waals surface area contributed by atoms with Crippen LogP contribution in [0.25, 0.3) is 0 Å². The summed E-state index contributed by atoms with van der Waals surface area (Å²) in [7, 11) is 0. The van der Waals surface area contributed by atoms with E-state index in [4.69, 9.17) is 0 Å². The summed E-state index contributed by atoms with van der Waals surface area (Å²) in [4.78, 5) is 0. The van der Waals surface area contributed by atoms with E-state index in [1.165, 1.54) is 26.7 Å². The van der Waals surface area contributed by atoms with Gasteiger partial charge in [-0.25, -0.2) is 0 Å². The van der Waals surface area contributed by atoms with Crippen molar-refractivity contribution in [2.45, 2.75) is 44.6 Å². The fourth-order valence-corrected chi connectivity index (χ4v) is 3.04. The molecule has 0 heterocycles. The molecular formula is C13H22Zn. The van der Waals surface area contributed by atoms with Gasteiger partial charge in [0, 0.05) is 0 Å². The summed E-state index contributed by atoms with van der Waals surface area (Å²) in [5, 5.41) is 3.06. The van der Waals surface area contributed by atoms with Crippen LogP contribution in [-0.2, 0) is 17.1 Å². The summed E-state index contributed by atoms with van der Waals surface area (Å²) in [6.45, 7) is 11.0. The average Bonchev–Trinajstić information content (AvgIpc) is 2.03. The van der Waals surface area contributed by atoms with Gasteiger partial charge in [-0.2, -0.15) is 0 Å². The smallest absolute Gasteiger partial charge is 0.0398 e. The first-order valence-corrected chi connectivity index (χ1v) is 9.84. The van der Waals surface area contributed by atoms with Gasteiger partial charge in [-0.15, -0.1) is 0 Å². The standard InChI is InChI=1S/C9H12.2C2H5.Zn/c1-7-4-8(2)6-9(3)5-7;2*1-2;/h4-6H,1-3H3;2*1H2,2H3;. The van der Waals surface area contributed by atoms with Crippen LogP contribution in [0.4, 0.5) is 0 Å². The maximum Gasteiger partial charge on any atom is -0.0398 e. The summed E-state index contributed by atoms with van der Waals surface area (Å²) < 4.78 is 0. The maximum absolute atomic E-state index is 2.30. The van der Waals surface area contributed by atoms with Gasteiger partial charge in [0.15, 0.2) is 0 Å². The van der Waals surface area contributed by atoms with Crippen LogP contribution in [0, 0.1) is 20.8 Å². The monoisotopic (exact) mass is 242 g/mol. The predicted molar refractivity (Wildman–Crippen MR) is 61.6 cm³/mol. The van der Waals surface area contributed by atoms with E-state index in [1.54, 1.807) is 0 Å². The second-order valence-corrected chi connectivity index (χ2v) is 9.70. The molecule has 0 saturated heterocycles. The minimum atomic E-state index is 0.0972. The Morgan fingerprint density at radius 3 is 1.21 bits per heavy atom. The number of hydrogen-bond acceptors (Lipinski definition) is 0. The predicted octanol–water partition coefficient (Wildman–Crippen LogP) is 4.56. The Kier molecular flexibility index (Phi) is 8.08. The molecule has 0 nitrogen and oxygen atoms in total. The van der Waals surface area contributed by atoms with Gasteiger partial charge < -0.3 is 0 Å². The molecule has 1 aromatic carbocycles. The third kappa shape index (κ3) is 7.27. The van der Waals surface area contributed by atoms with Crippen molar-refractivity contribution < 1.29 is 17.1 Å². The molecule has 0 unspecified atom stereocenters. The molecule has 1 heteroatoms. The van der Waals surface area contributed by atoms with Crippen LogP contribution in [0.2, 0.25) is 10.0 Å². The Morgan fingerprint density at radius 1 is 0.786 bits per heavy atom. The van der Waals surface area contributed by atoms with Gasteiger partial charge in [-0.1, -0.05) is 34.9 Å². The molecule has 0 spiro atoms. The second kappa shape index (κ2) is 8.18. The van der Waals surface area contributed by atoms with Crippen LogP contribution in [-0.4, -0.2) is 0 Å². The molecule has 0 fully saturated rings. The van der Waals surface area contributed by atoms with E-state index in [-0.39, 0.29) is 17.1 Å². The van der Waals surface area contributed by atoms with Gasteiger partial charge in [0.2, 0.25) is 0 Å². The Balaban J connectivity index is 0.000000292. The Hall–Kier alpha value is -0.157. The molecule has 0 N–H and O–H groups in total. The van der Waals surface area contributed by atoms with Crippen LogP contribution in [0.1, 0.15) is 30.5 Å². The average molecular weight is 244 g/mol. The molecule has 0 aliphatic rings. The Morgan fingerprint density at radius 2 is 1.07 bits per heavy atom.